The van der Waals surface area contributed by atoms with Gasteiger partial charge in [-0.05, 0) is 25.1 Å². The predicted octanol–water partition coefficient (Wildman–Crippen LogP) is 4.61. The highest BCUT2D eigenvalue weighted by atomic mass is 35.5. The number of carbonyl (C=O) groups is 1. The summed E-state index contributed by atoms with van der Waals surface area (Å²) < 4.78 is 12.9. The highest BCUT2D eigenvalue weighted by Crippen LogP contribution is 2.30. The summed E-state index contributed by atoms with van der Waals surface area (Å²) in [5.74, 6) is -0.423. The predicted molar refractivity (Wildman–Crippen MR) is 78.8 cm³/mol. The monoisotopic (exact) mass is 320 g/mol. The van der Waals surface area contributed by atoms with Crippen LogP contribution < -0.4 is 5.32 Å². The number of carbonyl (C=O) groups excluding carboxylic acids is 1. The van der Waals surface area contributed by atoms with Crippen LogP contribution in [0.1, 0.15) is 22.3 Å². The second-order valence-corrected chi connectivity index (χ2v) is 5.15. The summed E-state index contributed by atoms with van der Waals surface area (Å²) in [4.78, 5) is 16.1. The molecule has 0 bridgehead atoms. The number of hydrogen-bond donors (Lipinski definition) is 1. The van der Waals surface area contributed by atoms with Crippen LogP contribution in [0.3, 0.4) is 0 Å². The van der Waals surface area contributed by atoms with E-state index in [1.165, 1.54) is 36.5 Å². The fraction of sp³-hybridized carbons (Fsp3) is 0.167. The minimum Gasteiger partial charge on any atom is -0.330 e. The minimum atomic E-state index is -0.398. The molecule has 102 valence electrons. The molecule has 3 nitrogen and oxygen atoms in total. The Balaban J connectivity index is 0.00000180. The molecule has 0 atom stereocenters. The Hall–Kier alpha value is -1.17. The summed E-state index contributed by atoms with van der Waals surface area (Å²) in [5, 5.41) is 3.80. The van der Waals surface area contributed by atoms with E-state index in [2.05, 4.69) is 10.3 Å². The zero-order valence-electron chi connectivity index (χ0n) is 10.2. The highest BCUT2D eigenvalue weighted by molar-refractivity contribution is 7.17. The lowest BCUT2D eigenvalue weighted by Crippen LogP contribution is -1.91. The van der Waals surface area contributed by atoms with Crippen molar-refractivity contribution in [3.63, 3.8) is 0 Å². The molecule has 2 aromatic rings. The van der Waals surface area contributed by atoms with E-state index in [-0.39, 0.29) is 23.2 Å². The van der Waals surface area contributed by atoms with Crippen LogP contribution in [0.2, 0.25) is 5.02 Å². The van der Waals surface area contributed by atoms with E-state index >= 15 is 0 Å². The number of nitrogens with zero attached hydrogens (tertiary/aromatic N) is 1. The Morgan fingerprint density at radius 2 is 2.16 bits per heavy atom. The van der Waals surface area contributed by atoms with Gasteiger partial charge in [0.2, 0.25) is 0 Å². The van der Waals surface area contributed by atoms with E-state index in [0.29, 0.717) is 21.4 Å². The number of halogens is 3. The molecule has 7 heteroatoms. The molecule has 0 saturated heterocycles. The molecule has 0 radical (unpaired) electrons. The first-order chi connectivity index (χ1) is 8.47. The van der Waals surface area contributed by atoms with E-state index in [9.17, 15) is 9.18 Å². The standard InChI is InChI=1S/C12H10ClFN2OS.ClH/c1-6-11(7(2)17)18-12(15-6)16-10-4-3-8(14)5-9(10)13;/h3-5H,1-2H3,(H,15,16);1H. The molecule has 0 aliphatic heterocycles. The molecule has 0 aliphatic rings. The summed E-state index contributed by atoms with van der Waals surface area (Å²) in [7, 11) is 0. The molecule has 19 heavy (non-hydrogen) atoms. The molecule has 0 amide bonds. The van der Waals surface area contributed by atoms with Crippen molar-refractivity contribution in [3.05, 3.63) is 39.6 Å². The quantitative estimate of drug-likeness (QED) is 0.839. The Morgan fingerprint density at radius 3 is 2.68 bits per heavy atom. The van der Waals surface area contributed by atoms with Gasteiger partial charge < -0.3 is 5.32 Å². The summed E-state index contributed by atoms with van der Waals surface area (Å²) >= 11 is 7.15. The third kappa shape index (κ3) is 3.65. The van der Waals surface area contributed by atoms with Gasteiger partial charge in [0.05, 0.1) is 21.3 Å². The molecule has 0 spiro atoms. The minimum absolute atomic E-state index is 0. The first kappa shape index (κ1) is 15.9. The lowest BCUT2D eigenvalue weighted by atomic mass is 10.3. The number of ketones is 1. The van der Waals surface area contributed by atoms with E-state index < -0.39 is 5.82 Å². The number of aryl methyl sites for hydroxylation is 1. The maximum absolute atomic E-state index is 12.9. The van der Waals surface area contributed by atoms with E-state index in [4.69, 9.17) is 11.6 Å². The average molecular weight is 321 g/mol. The number of anilines is 2. The van der Waals surface area contributed by atoms with Crippen molar-refractivity contribution in [2.24, 2.45) is 0 Å². The molecule has 1 N–H and O–H groups in total. The SMILES string of the molecule is CC(=O)c1sc(Nc2ccc(F)cc2Cl)nc1C.Cl. The Morgan fingerprint density at radius 1 is 1.47 bits per heavy atom. The van der Waals surface area contributed by atoms with Crippen LogP contribution in [-0.2, 0) is 0 Å². The third-order valence-electron chi connectivity index (χ3n) is 2.29. The summed E-state index contributed by atoms with van der Waals surface area (Å²) in [6.07, 6.45) is 0. The number of benzene rings is 1. The van der Waals surface area contributed by atoms with Crippen LogP contribution in [0.5, 0.6) is 0 Å². The molecule has 2 rings (SSSR count). The van der Waals surface area contributed by atoms with Crippen LogP contribution in [0.25, 0.3) is 0 Å². The smallest absolute Gasteiger partial charge is 0.188 e. The number of thiazole rings is 1. The van der Waals surface area contributed by atoms with E-state index in [1.807, 2.05) is 0 Å². The van der Waals surface area contributed by atoms with E-state index in [0.717, 1.165) is 0 Å². The van der Waals surface area contributed by atoms with Gasteiger partial charge in [0.1, 0.15) is 5.82 Å². The topological polar surface area (TPSA) is 42.0 Å². The Bertz CT molecular complexity index is 616. The van der Waals surface area contributed by atoms with Crippen LogP contribution in [0.15, 0.2) is 18.2 Å². The van der Waals surface area contributed by atoms with Gasteiger partial charge in [-0.2, -0.15) is 0 Å². The number of aromatic nitrogens is 1. The second-order valence-electron chi connectivity index (χ2n) is 3.74. The molecule has 1 aromatic carbocycles. The molecule has 1 aromatic heterocycles. The summed E-state index contributed by atoms with van der Waals surface area (Å²) in [5.41, 5.74) is 1.23. The first-order valence-electron chi connectivity index (χ1n) is 5.18. The molecule has 0 saturated carbocycles. The second kappa shape index (κ2) is 6.32. The molecule has 0 fully saturated rings. The Labute approximate surface area is 125 Å². The van der Waals surface area contributed by atoms with Crippen molar-refractivity contribution in [2.45, 2.75) is 13.8 Å². The lowest BCUT2D eigenvalue weighted by Gasteiger charge is -2.04. The average Bonchev–Trinajstić information content (AvgIpc) is 2.64. The van der Waals surface area contributed by atoms with Gasteiger partial charge in [-0.1, -0.05) is 22.9 Å². The molecular weight excluding hydrogens is 310 g/mol. The first-order valence-corrected chi connectivity index (χ1v) is 6.37. The third-order valence-corrected chi connectivity index (χ3v) is 3.78. The van der Waals surface area contributed by atoms with Crippen LogP contribution in [0.4, 0.5) is 15.2 Å². The zero-order valence-corrected chi connectivity index (χ0v) is 12.5. The maximum Gasteiger partial charge on any atom is 0.188 e. The van der Waals surface area contributed by atoms with Crippen LogP contribution in [-0.4, -0.2) is 10.8 Å². The van der Waals surface area contributed by atoms with Gasteiger partial charge in [0.25, 0.3) is 0 Å². The number of hydrogen-bond acceptors (Lipinski definition) is 4. The number of rotatable bonds is 3. The van der Waals surface area contributed by atoms with Crippen molar-refractivity contribution in [1.82, 2.24) is 4.98 Å². The van der Waals surface area contributed by atoms with E-state index in [1.54, 1.807) is 6.92 Å². The fourth-order valence-electron chi connectivity index (χ4n) is 1.48. The van der Waals surface area contributed by atoms with Gasteiger partial charge in [-0.25, -0.2) is 9.37 Å². The van der Waals surface area contributed by atoms with Crippen molar-refractivity contribution in [2.75, 3.05) is 5.32 Å². The van der Waals surface area contributed by atoms with Gasteiger partial charge in [0, 0.05) is 6.92 Å². The van der Waals surface area contributed by atoms with Gasteiger partial charge >= 0.3 is 0 Å². The maximum atomic E-state index is 12.9. The van der Waals surface area contributed by atoms with Crippen molar-refractivity contribution < 1.29 is 9.18 Å². The normalized spacial score (nSPS) is 9.89. The number of Topliss-reactive ketones (excluding diaryl/α,β-unsaturated/α-hetero) is 1. The van der Waals surface area contributed by atoms with Gasteiger partial charge in [-0.15, -0.1) is 12.4 Å². The highest BCUT2D eigenvalue weighted by Gasteiger charge is 2.12. The zero-order chi connectivity index (χ0) is 13.3. The lowest BCUT2D eigenvalue weighted by molar-refractivity contribution is 0.102. The molecule has 0 aliphatic carbocycles. The Kier molecular flexibility index (Phi) is 5.29. The van der Waals surface area contributed by atoms with Crippen molar-refractivity contribution in [3.8, 4) is 0 Å². The van der Waals surface area contributed by atoms with Gasteiger partial charge in [-0.3, -0.25) is 4.79 Å². The van der Waals surface area contributed by atoms with Crippen molar-refractivity contribution in [1.29, 1.82) is 0 Å². The van der Waals surface area contributed by atoms with Gasteiger partial charge in [0.15, 0.2) is 10.9 Å². The molecule has 1 heterocycles. The molecule has 0 unspecified atom stereocenters. The van der Waals surface area contributed by atoms with Crippen molar-refractivity contribution >= 4 is 51.9 Å². The number of nitrogens with one attached hydrogen (secondary N) is 1. The largest absolute Gasteiger partial charge is 0.330 e. The summed E-state index contributed by atoms with van der Waals surface area (Å²) in [6, 6.07) is 4.05. The summed E-state index contributed by atoms with van der Waals surface area (Å²) in [6.45, 7) is 3.26. The fourth-order valence-corrected chi connectivity index (χ4v) is 2.57. The van der Waals surface area contributed by atoms with Crippen LogP contribution >= 0.6 is 35.3 Å². The molecular formula is C12H11Cl2FN2OS. The van der Waals surface area contributed by atoms with Crippen LogP contribution in [0, 0.1) is 12.7 Å².